The molecule has 8 nitrogen and oxygen atoms in total. The Morgan fingerprint density at radius 3 is 2.55 bits per heavy atom. The number of benzene rings is 3. The Morgan fingerprint density at radius 1 is 1.11 bits per heavy atom. The lowest BCUT2D eigenvalue weighted by atomic mass is 9.89. The Kier molecular flexibility index (Phi) is 8.28. The fourth-order valence-corrected chi connectivity index (χ4v) is 4.48. The minimum Gasteiger partial charge on any atom is -0.481 e. The number of hydrogen-bond acceptors (Lipinski definition) is 5. The van der Waals surface area contributed by atoms with E-state index in [2.05, 4.69) is 10.6 Å². The fraction of sp³-hybridized carbons (Fsp3) is 0.241. The predicted octanol–water partition coefficient (Wildman–Crippen LogP) is 4.27. The molecular weight excluding hydrogens is 487 g/mol. The molecule has 0 aliphatic carbocycles. The van der Waals surface area contributed by atoms with Crippen LogP contribution in [0.15, 0.2) is 71.7 Å². The number of carboxylic acid groups (broad SMARTS) is 1. The van der Waals surface area contributed by atoms with Crippen molar-refractivity contribution in [3.8, 4) is 0 Å². The van der Waals surface area contributed by atoms with E-state index in [1.807, 2.05) is 25.2 Å². The van der Waals surface area contributed by atoms with Gasteiger partial charge in [0.2, 0.25) is 11.8 Å². The zero-order valence-electron chi connectivity index (χ0n) is 21.2. The molecule has 38 heavy (non-hydrogen) atoms. The van der Waals surface area contributed by atoms with Gasteiger partial charge < -0.3 is 20.6 Å². The molecule has 3 aromatic carbocycles. The molecule has 0 saturated heterocycles. The molecule has 0 fully saturated rings. The minimum atomic E-state index is -0.898. The van der Waals surface area contributed by atoms with Crippen LogP contribution in [0.1, 0.15) is 36.0 Å². The Morgan fingerprint density at radius 2 is 1.87 bits per heavy atom. The van der Waals surface area contributed by atoms with Gasteiger partial charge in [0, 0.05) is 37.8 Å². The molecule has 1 aliphatic heterocycles. The molecule has 196 valence electrons. The summed E-state index contributed by atoms with van der Waals surface area (Å²) in [6.07, 6.45) is 0.306. The van der Waals surface area contributed by atoms with E-state index in [1.54, 1.807) is 41.3 Å². The number of rotatable bonds is 10. The highest BCUT2D eigenvalue weighted by Crippen LogP contribution is 2.37. The van der Waals surface area contributed by atoms with Gasteiger partial charge >= 0.3 is 5.97 Å². The zero-order chi connectivity index (χ0) is 27.2. The Labute approximate surface area is 220 Å². The van der Waals surface area contributed by atoms with Gasteiger partial charge in [-0.05, 0) is 72.6 Å². The highest BCUT2D eigenvalue weighted by atomic mass is 19.1. The van der Waals surface area contributed by atoms with Gasteiger partial charge in [0.25, 0.3) is 0 Å². The molecule has 0 bridgehead atoms. The van der Waals surface area contributed by atoms with Crippen molar-refractivity contribution < 1.29 is 23.9 Å². The summed E-state index contributed by atoms with van der Waals surface area (Å²) < 4.78 is 13.9. The van der Waals surface area contributed by atoms with Gasteiger partial charge in [-0.25, -0.2) is 4.39 Å². The molecule has 1 heterocycles. The lowest BCUT2D eigenvalue weighted by Crippen LogP contribution is -2.34. The predicted molar refractivity (Wildman–Crippen MR) is 145 cm³/mol. The Bertz CT molecular complexity index is 1390. The molecule has 3 aromatic rings. The largest absolute Gasteiger partial charge is 0.481 e. The van der Waals surface area contributed by atoms with E-state index in [9.17, 15) is 18.8 Å². The summed E-state index contributed by atoms with van der Waals surface area (Å²) in [6, 6.07) is 18.6. The second-order valence-corrected chi connectivity index (χ2v) is 9.04. The van der Waals surface area contributed by atoms with Crippen LogP contribution in [-0.2, 0) is 20.8 Å². The average Bonchev–Trinajstić information content (AvgIpc) is 3.21. The number of fused-ring (bicyclic) bond motifs is 1. The highest BCUT2D eigenvalue weighted by Gasteiger charge is 2.35. The zero-order valence-corrected chi connectivity index (χ0v) is 21.2. The second kappa shape index (κ2) is 11.8. The van der Waals surface area contributed by atoms with Crippen LogP contribution >= 0.6 is 0 Å². The first-order valence-electron chi connectivity index (χ1n) is 12.3. The number of aliphatic carboxylic acids is 1. The van der Waals surface area contributed by atoms with E-state index in [-0.39, 0.29) is 18.2 Å². The lowest BCUT2D eigenvalue weighted by Gasteiger charge is -2.21. The van der Waals surface area contributed by atoms with Crippen LogP contribution in [0.25, 0.3) is 0 Å². The van der Waals surface area contributed by atoms with E-state index in [4.69, 9.17) is 10.1 Å². The molecule has 3 N–H and O–H groups in total. The average molecular weight is 517 g/mol. The van der Waals surface area contributed by atoms with Crippen molar-refractivity contribution in [2.45, 2.75) is 25.7 Å². The topological polar surface area (TPSA) is 111 Å². The van der Waals surface area contributed by atoms with Gasteiger partial charge in [-0.1, -0.05) is 24.3 Å². The first-order valence-corrected chi connectivity index (χ1v) is 12.3. The first-order chi connectivity index (χ1) is 18.3. The number of amides is 2. The number of carbonyl (C=O) groups is 3. The molecule has 0 aromatic heterocycles. The molecule has 1 atom stereocenters. The third kappa shape index (κ3) is 6.12. The highest BCUT2D eigenvalue weighted by molar-refractivity contribution is 6.24. The van der Waals surface area contributed by atoms with Crippen LogP contribution in [0.3, 0.4) is 0 Å². The summed E-state index contributed by atoms with van der Waals surface area (Å²) >= 11 is 0. The van der Waals surface area contributed by atoms with Crippen molar-refractivity contribution in [1.82, 2.24) is 5.32 Å². The van der Waals surface area contributed by atoms with Gasteiger partial charge in [-0.2, -0.15) is 0 Å². The molecule has 1 aliphatic rings. The van der Waals surface area contributed by atoms with Crippen LogP contribution in [0.2, 0.25) is 0 Å². The van der Waals surface area contributed by atoms with E-state index in [0.717, 1.165) is 11.3 Å². The van der Waals surface area contributed by atoms with Gasteiger partial charge in [-0.3, -0.25) is 19.4 Å². The van der Waals surface area contributed by atoms with E-state index in [1.165, 1.54) is 19.1 Å². The number of aryl methyl sites for hydroxylation is 1. The molecule has 4 rings (SSSR count). The third-order valence-corrected chi connectivity index (χ3v) is 6.35. The van der Waals surface area contributed by atoms with Gasteiger partial charge in [0.1, 0.15) is 11.7 Å². The number of carbonyl (C=O) groups excluding carboxylic acids is 2. The quantitative estimate of drug-likeness (QED) is 0.349. The molecule has 0 saturated carbocycles. The maximum absolute atomic E-state index is 13.9. The van der Waals surface area contributed by atoms with Crippen molar-refractivity contribution in [1.29, 1.82) is 0 Å². The lowest BCUT2D eigenvalue weighted by molar-refractivity contribution is -0.137. The molecule has 9 heteroatoms. The number of halogens is 1. The number of nitrogens with one attached hydrogen (secondary N) is 2. The summed E-state index contributed by atoms with van der Waals surface area (Å²) in [4.78, 5) is 42.9. The first kappa shape index (κ1) is 26.7. The maximum Gasteiger partial charge on any atom is 0.303 e. The van der Waals surface area contributed by atoms with Gasteiger partial charge in [-0.15, -0.1) is 0 Å². The van der Waals surface area contributed by atoms with Crippen LogP contribution in [0, 0.1) is 5.82 Å². The van der Waals surface area contributed by atoms with E-state index in [0.29, 0.717) is 47.7 Å². The number of aliphatic imine (C=N–C) groups is 1. The smallest absolute Gasteiger partial charge is 0.303 e. The molecule has 1 unspecified atom stereocenters. The summed E-state index contributed by atoms with van der Waals surface area (Å²) in [7, 11) is 1.82. The van der Waals surface area contributed by atoms with Crippen molar-refractivity contribution in [3.63, 3.8) is 0 Å². The summed E-state index contributed by atoms with van der Waals surface area (Å²) in [5, 5.41) is 14.9. The maximum atomic E-state index is 13.9. The molecule has 0 spiro atoms. The molecule has 2 amide bonds. The monoisotopic (exact) mass is 516 g/mol. The minimum absolute atomic E-state index is 0.0242. The normalized spacial score (nSPS) is 14.7. The number of hydrogen-bond donors (Lipinski definition) is 3. The van der Waals surface area contributed by atoms with E-state index >= 15 is 0 Å². The number of anilines is 2. The van der Waals surface area contributed by atoms with Crippen LogP contribution < -0.4 is 15.5 Å². The van der Waals surface area contributed by atoms with Crippen molar-refractivity contribution in [3.05, 3.63) is 89.2 Å². The van der Waals surface area contributed by atoms with Crippen LogP contribution in [0.4, 0.5) is 21.5 Å². The number of likely N-dealkylation sites (N-methyl/N-ethyl adjacent to an activating group) is 1. The molecular formula is C29H29FN4O4. The summed E-state index contributed by atoms with van der Waals surface area (Å²) in [6.45, 7) is 2.66. The standard InChI is InChI=1S/C29H29FN4O4/c1-18(35)34(15-14-31-2)23-10-8-22(9-11-23)32-28(20-5-3-4-19(16-20)6-13-26(36)37)27-24-12-7-21(30)17-25(24)33-29(27)38/h3-5,7-12,16-17,27,31H,6,13-15H2,1-2H3,(H,33,38)(H,36,37). The van der Waals surface area contributed by atoms with E-state index < -0.39 is 17.7 Å². The fourth-order valence-electron chi connectivity index (χ4n) is 4.48. The van der Waals surface area contributed by atoms with Crippen molar-refractivity contribution in [2.24, 2.45) is 4.99 Å². The summed E-state index contributed by atoms with van der Waals surface area (Å²) in [5.41, 5.74) is 4.21. The van der Waals surface area contributed by atoms with Crippen molar-refractivity contribution in [2.75, 3.05) is 30.4 Å². The SMILES string of the molecule is CNCCN(C(C)=O)c1ccc(N=C(c2cccc(CCC(=O)O)c2)C2C(=O)Nc3cc(F)ccc32)cc1. The number of carboxylic acids is 1. The van der Waals surface area contributed by atoms with Crippen LogP contribution in [0.5, 0.6) is 0 Å². The van der Waals surface area contributed by atoms with Gasteiger partial charge in [0.15, 0.2) is 0 Å². The van der Waals surface area contributed by atoms with Crippen LogP contribution in [-0.4, -0.2) is 48.7 Å². The summed E-state index contributed by atoms with van der Waals surface area (Å²) in [5.74, 6) is -2.55. The Hall–Kier alpha value is -4.37. The third-order valence-electron chi connectivity index (χ3n) is 6.35. The van der Waals surface area contributed by atoms with Crippen molar-refractivity contribution >= 4 is 40.6 Å². The molecule has 0 radical (unpaired) electrons. The second-order valence-electron chi connectivity index (χ2n) is 9.04. The number of nitrogens with zero attached hydrogens (tertiary/aromatic N) is 2. The Balaban J connectivity index is 1.76. The van der Waals surface area contributed by atoms with Gasteiger partial charge in [0.05, 0.1) is 11.4 Å².